The van der Waals surface area contributed by atoms with Gasteiger partial charge in [-0.2, -0.15) is 0 Å². The predicted molar refractivity (Wildman–Crippen MR) is 112 cm³/mol. The number of hydrogen-bond donors (Lipinski definition) is 2. The van der Waals surface area contributed by atoms with Crippen LogP contribution >= 0.6 is 11.6 Å². The van der Waals surface area contributed by atoms with E-state index in [1.807, 2.05) is 55.5 Å². The molecule has 7 heteroatoms. The molecule has 0 saturated heterocycles. The summed E-state index contributed by atoms with van der Waals surface area (Å²) in [7, 11) is 0. The zero-order chi connectivity index (χ0) is 19.5. The number of pyridine rings is 1. The summed E-state index contributed by atoms with van der Waals surface area (Å²) in [5.41, 5.74) is 9.94. The molecule has 0 aliphatic heterocycles. The summed E-state index contributed by atoms with van der Waals surface area (Å²) in [6, 6.07) is 16.8. The van der Waals surface area contributed by atoms with Crippen molar-refractivity contribution in [3.63, 3.8) is 0 Å². The molecule has 0 spiro atoms. The van der Waals surface area contributed by atoms with Crippen molar-refractivity contribution in [2.45, 2.75) is 13.5 Å². The second kappa shape index (κ2) is 7.70. The molecule has 2 heterocycles. The number of aryl methyl sites for hydroxylation is 1. The summed E-state index contributed by atoms with van der Waals surface area (Å²) in [4.78, 5) is 13.0. The number of aromatic nitrogens is 3. The second-order valence-corrected chi connectivity index (χ2v) is 6.74. The van der Waals surface area contributed by atoms with Gasteiger partial charge in [0.1, 0.15) is 24.5 Å². The van der Waals surface area contributed by atoms with E-state index in [0.717, 1.165) is 28.0 Å². The van der Waals surface area contributed by atoms with Crippen LogP contribution in [0.5, 0.6) is 5.75 Å². The third kappa shape index (κ3) is 3.97. The van der Waals surface area contributed by atoms with E-state index in [1.165, 1.54) is 6.33 Å². The summed E-state index contributed by atoms with van der Waals surface area (Å²) >= 11 is 6.40. The first-order valence-electron chi connectivity index (χ1n) is 8.70. The van der Waals surface area contributed by atoms with E-state index in [9.17, 15) is 0 Å². The Bertz CT molecular complexity index is 1150. The molecular weight excluding hydrogens is 374 g/mol. The molecule has 0 radical (unpaired) electrons. The van der Waals surface area contributed by atoms with E-state index < -0.39 is 0 Å². The van der Waals surface area contributed by atoms with E-state index >= 15 is 0 Å². The zero-order valence-electron chi connectivity index (χ0n) is 15.2. The van der Waals surface area contributed by atoms with Gasteiger partial charge in [0, 0.05) is 22.5 Å². The maximum absolute atomic E-state index is 6.40. The van der Waals surface area contributed by atoms with Gasteiger partial charge < -0.3 is 15.8 Å². The lowest BCUT2D eigenvalue weighted by molar-refractivity contribution is 0.301. The van der Waals surface area contributed by atoms with Gasteiger partial charge in [0.15, 0.2) is 0 Å². The summed E-state index contributed by atoms with van der Waals surface area (Å²) in [6.45, 7) is 2.30. The van der Waals surface area contributed by atoms with Crippen molar-refractivity contribution in [3.05, 3.63) is 77.3 Å². The molecule has 0 fully saturated rings. The number of halogens is 1. The third-order valence-electron chi connectivity index (χ3n) is 4.18. The molecule has 0 unspecified atom stereocenters. The molecule has 0 atom stereocenters. The minimum absolute atomic E-state index is 0.351. The monoisotopic (exact) mass is 391 g/mol. The molecular formula is C21H18ClN5O. The number of nitrogens with zero attached hydrogens (tertiary/aromatic N) is 3. The number of anilines is 3. The Kier molecular flexibility index (Phi) is 4.95. The first kappa shape index (κ1) is 18.0. The standard InChI is InChI=1S/C21H18ClN5O/c1-13-3-2-4-16(26-13)11-28-20-8-6-15(10-18(20)22)27-21-17-9-14(23)5-7-19(17)24-12-25-21/h2-10,12H,11,23H2,1H3,(H,24,25,27). The van der Waals surface area contributed by atoms with Crippen LogP contribution in [-0.4, -0.2) is 15.0 Å². The number of fused-ring (bicyclic) bond motifs is 1. The van der Waals surface area contributed by atoms with Crippen molar-refractivity contribution in [2.24, 2.45) is 0 Å². The Morgan fingerprint density at radius 2 is 1.96 bits per heavy atom. The van der Waals surface area contributed by atoms with Gasteiger partial charge >= 0.3 is 0 Å². The number of rotatable bonds is 5. The Morgan fingerprint density at radius 3 is 2.79 bits per heavy atom. The van der Waals surface area contributed by atoms with Crippen molar-refractivity contribution in [1.82, 2.24) is 15.0 Å². The van der Waals surface area contributed by atoms with Gasteiger partial charge in [0.2, 0.25) is 0 Å². The van der Waals surface area contributed by atoms with Crippen LogP contribution in [0.15, 0.2) is 60.9 Å². The molecule has 0 bridgehead atoms. The normalized spacial score (nSPS) is 10.8. The molecule has 0 aliphatic carbocycles. The van der Waals surface area contributed by atoms with Gasteiger partial charge in [-0.3, -0.25) is 4.98 Å². The highest BCUT2D eigenvalue weighted by molar-refractivity contribution is 6.32. The fourth-order valence-corrected chi connectivity index (χ4v) is 3.07. The van der Waals surface area contributed by atoms with Gasteiger partial charge in [0.25, 0.3) is 0 Å². The predicted octanol–water partition coefficient (Wildman–Crippen LogP) is 4.89. The Morgan fingerprint density at radius 1 is 1.07 bits per heavy atom. The van der Waals surface area contributed by atoms with E-state index in [1.54, 1.807) is 6.07 Å². The van der Waals surface area contributed by atoms with E-state index in [-0.39, 0.29) is 0 Å². The average molecular weight is 392 g/mol. The highest BCUT2D eigenvalue weighted by atomic mass is 35.5. The first-order valence-corrected chi connectivity index (χ1v) is 9.08. The Hall–Kier alpha value is -3.38. The van der Waals surface area contributed by atoms with E-state index in [0.29, 0.717) is 28.9 Å². The van der Waals surface area contributed by atoms with E-state index in [4.69, 9.17) is 22.1 Å². The van der Waals surface area contributed by atoms with Crippen molar-refractivity contribution in [2.75, 3.05) is 11.1 Å². The van der Waals surface area contributed by atoms with Gasteiger partial charge in [-0.25, -0.2) is 9.97 Å². The molecule has 4 rings (SSSR count). The number of benzene rings is 2. The van der Waals surface area contributed by atoms with Gasteiger partial charge in [0.05, 0.1) is 16.2 Å². The zero-order valence-corrected chi connectivity index (χ0v) is 15.9. The highest BCUT2D eigenvalue weighted by Gasteiger charge is 2.08. The topological polar surface area (TPSA) is 86.0 Å². The van der Waals surface area contributed by atoms with Crippen LogP contribution in [0.2, 0.25) is 5.02 Å². The largest absolute Gasteiger partial charge is 0.486 e. The molecule has 2 aromatic carbocycles. The maximum Gasteiger partial charge on any atom is 0.141 e. The van der Waals surface area contributed by atoms with Crippen LogP contribution in [0.25, 0.3) is 10.9 Å². The summed E-state index contributed by atoms with van der Waals surface area (Å²) in [5, 5.41) is 4.60. The molecule has 0 amide bonds. The number of nitrogens with one attached hydrogen (secondary N) is 1. The van der Waals surface area contributed by atoms with Crippen LogP contribution in [0.3, 0.4) is 0 Å². The molecule has 4 aromatic rings. The minimum Gasteiger partial charge on any atom is -0.486 e. The fourth-order valence-electron chi connectivity index (χ4n) is 2.84. The summed E-state index contributed by atoms with van der Waals surface area (Å²) in [5.74, 6) is 1.25. The van der Waals surface area contributed by atoms with Gasteiger partial charge in [-0.15, -0.1) is 0 Å². The number of ether oxygens (including phenoxy) is 1. The SMILES string of the molecule is Cc1cccc(COc2ccc(Nc3ncnc4ccc(N)cc34)cc2Cl)n1. The van der Waals surface area contributed by atoms with E-state index in [2.05, 4.69) is 20.3 Å². The quantitative estimate of drug-likeness (QED) is 0.471. The molecule has 2 aromatic heterocycles. The van der Waals surface area contributed by atoms with Crippen molar-refractivity contribution in [3.8, 4) is 5.75 Å². The second-order valence-electron chi connectivity index (χ2n) is 6.33. The third-order valence-corrected chi connectivity index (χ3v) is 4.47. The van der Waals surface area contributed by atoms with Gasteiger partial charge in [-0.1, -0.05) is 17.7 Å². The molecule has 140 valence electrons. The van der Waals surface area contributed by atoms with Crippen molar-refractivity contribution in [1.29, 1.82) is 0 Å². The lowest BCUT2D eigenvalue weighted by Gasteiger charge is -2.12. The number of nitrogens with two attached hydrogens (primary N) is 1. The maximum atomic E-state index is 6.40. The summed E-state index contributed by atoms with van der Waals surface area (Å²) in [6.07, 6.45) is 1.51. The lowest BCUT2D eigenvalue weighted by Crippen LogP contribution is -2.00. The number of nitrogen functional groups attached to an aromatic ring is 1. The Balaban J connectivity index is 1.53. The van der Waals surface area contributed by atoms with Crippen LogP contribution in [0, 0.1) is 6.92 Å². The molecule has 0 saturated carbocycles. The van der Waals surface area contributed by atoms with Crippen molar-refractivity contribution < 1.29 is 4.74 Å². The van der Waals surface area contributed by atoms with Crippen LogP contribution in [0.4, 0.5) is 17.2 Å². The average Bonchev–Trinajstić information content (AvgIpc) is 2.68. The fraction of sp³-hybridized carbons (Fsp3) is 0.0952. The Labute approximate surface area is 167 Å². The molecule has 6 nitrogen and oxygen atoms in total. The molecule has 28 heavy (non-hydrogen) atoms. The van der Waals surface area contributed by atoms with Gasteiger partial charge in [-0.05, 0) is 55.5 Å². The lowest BCUT2D eigenvalue weighted by atomic mass is 10.2. The van der Waals surface area contributed by atoms with Crippen LogP contribution in [-0.2, 0) is 6.61 Å². The minimum atomic E-state index is 0.351. The summed E-state index contributed by atoms with van der Waals surface area (Å²) < 4.78 is 5.80. The molecule has 0 aliphatic rings. The number of hydrogen-bond acceptors (Lipinski definition) is 6. The highest BCUT2D eigenvalue weighted by Crippen LogP contribution is 2.31. The smallest absolute Gasteiger partial charge is 0.141 e. The first-order chi connectivity index (χ1) is 13.6. The van der Waals surface area contributed by atoms with Crippen LogP contribution < -0.4 is 15.8 Å². The molecule has 3 N–H and O–H groups in total. The van der Waals surface area contributed by atoms with Crippen LogP contribution in [0.1, 0.15) is 11.4 Å². The van der Waals surface area contributed by atoms with Crippen molar-refractivity contribution >= 4 is 39.7 Å².